The zero-order valence-electron chi connectivity index (χ0n) is 25.6. The number of ether oxygens (including phenoxy) is 1. The molecule has 254 valence electrons. The maximum atomic E-state index is 14.8. The molecule has 0 bridgehead atoms. The van der Waals surface area contributed by atoms with Crippen molar-refractivity contribution >= 4 is 40.7 Å². The van der Waals surface area contributed by atoms with E-state index in [-0.39, 0.29) is 30.5 Å². The van der Waals surface area contributed by atoms with Crippen LogP contribution in [0.5, 0.6) is 0 Å². The van der Waals surface area contributed by atoms with Crippen LogP contribution < -0.4 is 10.9 Å². The number of halogens is 5. The number of imidazole rings is 1. The van der Waals surface area contributed by atoms with Crippen molar-refractivity contribution in [1.82, 2.24) is 23.9 Å². The first-order chi connectivity index (χ1) is 21.9. The van der Waals surface area contributed by atoms with Gasteiger partial charge in [0.05, 0.1) is 12.1 Å². The summed E-state index contributed by atoms with van der Waals surface area (Å²) < 4.78 is 74.4. The molecule has 18 heteroatoms. The Bertz CT molecular complexity index is 1760. The number of aromatic nitrogens is 3. The molecule has 0 saturated carbocycles. The van der Waals surface area contributed by atoms with Crippen molar-refractivity contribution in [3.63, 3.8) is 0 Å². The number of carbonyl (C=O) groups is 4. The minimum atomic E-state index is -4.70. The largest absolute Gasteiger partial charge is 0.464 e. The van der Waals surface area contributed by atoms with Crippen LogP contribution in [0.4, 0.5) is 37.2 Å². The normalized spacial score (nSPS) is 12.3. The molecule has 1 aromatic carbocycles. The molecule has 1 unspecified atom stereocenters. The van der Waals surface area contributed by atoms with Crippen LogP contribution >= 0.6 is 0 Å². The van der Waals surface area contributed by atoms with Gasteiger partial charge in [0.1, 0.15) is 22.8 Å². The first-order valence-corrected chi connectivity index (χ1v) is 13.9. The molecule has 0 fully saturated rings. The van der Waals surface area contributed by atoms with Gasteiger partial charge in [-0.05, 0) is 37.5 Å². The number of alkyl halides is 3. The molecule has 1 atom stereocenters. The molecule has 0 radical (unpaired) electrons. The van der Waals surface area contributed by atoms with Crippen LogP contribution in [0.25, 0.3) is 11.0 Å². The van der Waals surface area contributed by atoms with E-state index in [1.165, 1.54) is 49.5 Å². The molecule has 0 saturated heterocycles. The second-order valence-corrected chi connectivity index (χ2v) is 10.6. The van der Waals surface area contributed by atoms with Gasteiger partial charge in [-0.3, -0.25) is 14.4 Å². The molecule has 0 aliphatic rings. The Hall–Kier alpha value is -5.29. The molecule has 47 heavy (non-hydrogen) atoms. The Morgan fingerprint density at radius 1 is 1.11 bits per heavy atom. The maximum Gasteiger partial charge on any atom is 0.417 e. The van der Waals surface area contributed by atoms with Crippen molar-refractivity contribution in [2.45, 2.75) is 44.5 Å². The Kier molecular flexibility index (Phi) is 11.4. The Morgan fingerprint density at radius 2 is 1.79 bits per heavy atom. The summed E-state index contributed by atoms with van der Waals surface area (Å²) >= 11 is 0. The third-order valence-electron chi connectivity index (χ3n) is 6.64. The van der Waals surface area contributed by atoms with E-state index in [1.807, 2.05) is 0 Å². The van der Waals surface area contributed by atoms with E-state index < -0.39 is 89.4 Å². The average Bonchev–Trinajstić information content (AvgIpc) is 3.35. The molecule has 2 N–H and O–H groups in total. The predicted octanol–water partition coefficient (Wildman–Crippen LogP) is 3.98. The molecular weight excluding hydrogens is 639 g/mol. The lowest BCUT2D eigenvalue weighted by Crippen LogP contribution is -2.37. The van der Waals surface area contributed by atoms with Gasteiger partial charge in [0, 0.05) is 52.4 Å². The lowest BCUT2D eigenvalue weighted by Gasteiger charge is -2.19. The summed E-state index contributed by atoms with van der Waals surface area (Å²) in [5.74, 6) is -4.52. The monoisotopic (exact) mass is 670 g/mol. The van der Waals surface area contributed by atoms with Crippen LogP contribution in [0.15, 0.2) is 41.3 Å². The van der Waals surface area contributed by atoms with Gasteiger partial charge in [-0.1, -0.05) is 6.08 Å². The quantitative estimate of drug-likeness (QED) is 0.229. The summed E-state index contributed by atoms with van der Waals surface area (Å²) in [6.45, 7) is -0.687. The van der Waals surface area contributed by atoms with Gasteiger partial charge in [0.2, 0.25) is 5.91 Å². The van der Waals surface area contributed by atoms with Crippen molar-refractivity contribution in [1.29, 1.82) is 0 Å². The topological polar surface area (TPSA) is 156 Å². The maximum absolute atomic E-state index is 14.8. The van der Waals surface area contributed by atoms with E-state index in [1.54, 1.807) is 14.1 Å². The SMILES string of the molecule is CN(C)C(=O)C=CCCC(OC(=O)N(C)C)C(=O)Nc1cccn(Cc2nc3c(CCC(F)(F)F)c(F)cc(F)c3n2C(=O)O)c1=O. The highest BCUT2D eigenvalue weighted by molar-refractivity contribution is 5.95. The number of fused-ring (bicyclic) bond motifs is 1. The number of carbonyl (C=O) groups excluding carboxylic acids is 3. The van der Waals surface area contributed by atoms with Crippen LogP contribution in [0.1, 0.15) is 30.7 Å². The second kappa shape index (κ2) is 14.9. The predicted molar refractivity (Wildman–Crippen MR) is 157 cm³/mol. The van der Waals surface area contributed by atoms with Gasteiger partial charge in [-0.15, -0.1) is 0 Å². The molecule has 3 rings (SSSR count). The standard InChI is InChI=1S/C29H31F5N6O7/c1-37(2)22(41)10-6-5-9-20(47-28(46)38(3)4)25(42)35-19-8-7-13-39(26(19)43)15-21-36-23-16(11-12-29(32,33)34)17(30)14-18(31)24(23)40(21)27(44)45/h6-8,10,13-14,20H,5,9,11-12,15H2,1-4H3,(H,35,42)(H,44,45). The fraction of sp³-hybridized carbons (Fsp3) is 0.379. The third-order valence-corrected chi connectivity index (χ3v) is 6.64. The number of hydrogen-bond acceptors (Lipinski definition) is 7. The number of amides is 3. The molecule has 0 aliphatic heterocycles. The van der Waals surface area contributed by atoms with Gasteiger partial charge in [0.25, 0.3) is 11.5 Å². The van der Waals surface area contributed by atoms with Gasteiger partial charge >= 0.3 is 18.4 Å². The number of hydrogen-bond donors (Lipinski definition) is 2. The number of allylic oxidation sites excluding steroid dienone is 1. The first-order valence-electron chi connectivity index (χ1n) is 13.9. The molecule has 2 heterocycles. The van der Waals surface area contributed by atoms with Crippen LogP contribution in [0.3, 0.4) is 0 Å². The van der Waals surface area contributed by atoms with Gasteiger partial charge in [0.15, 0.2) is 11.9 Å². The van der Waals surface area contributed by atoms with Crippen molar-refractivity contribution < 1.29 is 51.0 Å². The molecular formula is C29H31F5N6O7. The van der Waals surface area contributed by atoms with Crippen LogP contribution in [0, 0.1) is 11.6 Å². The Morgan fingerprint density at radius 3 is 2.38 bits per heavy atom. The summed E-state index contributed by atoms with van der Waals surface area (Å²) in [5, 5.41) is 12.1. The highest BCUT2D eigenvalue weighted by atomic mass is 19.4. The van der Waals surface area contributed by atoms with Crippen molar-refractivity contribution in [3.05, 3.63) is 69.9 Å². The van der Waals surface area contributed by atoms with E-state index in [4.69, 9.17) is 4.74 Å². The minimum absolute atomic E-state index is 0.0783. The highest BCUT2D eigenvalue weighted by Crippen LogP contribution is 2.30. The van der Waals surface area contributed by atoms with E-state index in [9.17, 15) is 51.0 Å². The fourth-order valence-corrected chi connectivity index (χ4v) is 4.27. The van der Waals surface area contributed by atoms with E-state index in [0.717, 1.165) is 9.47 Å². The number of nitrogens with one attached hydrogen (secondary N) is 1. The second-order valence-electron chi connectivity index (χ2n) is 10.6. The van der Waals surface area contributed by atoms with Crippen LogP contribution in [0.2, 0.25) is 0 Å². The van der Waals surface area contributed by atoms with Crippen LogP contribution in [-0.2, 0) is 27.3 Å². The zero-order valence-corrected chi connectivity index (χ0v) is 25.6. The number of rotatable bonds is 11. The van der Waals surface area contributed by atoms with Gasteiger partial charge in [-0.25, -0.2) is 27.9 Å². The van der Waals surface area contributed by atoms with E-state index in [0.29, 0.717) is 4.57 Å². The van der Waals surface area contributed by atoms with E-state index in [2.05, 4.69) is 10.3 Å². The Labute approximate surface area is 263 Å². The molecule has 3 aromatic rings. The number of pyridine rings is 1. The fourth-order valence-electron chi connectivity index (χ4n) is 4.27. The molecule has 0 aliphatic carbocycles. The summed E-state index contributed by atoms with van der Waals surface area (Å²) in [6.07, 6.45) is -7.27. The number of anilines is 1. The number of nitrogens with zero attached hydrogens (tertiary/aromatic N) is 5. The van der Waals surface area contributed by atoms with Crippen molar-refractivity contribution in [3.8, 4) is 0 Å². The molecule has 0 spiro atoms. The lowest BCUT2D eigenvalue weighted by molar-refractivity contribution is -0.134. The van der Waals surface area contributed by atoms with Crippen molar-refractivity contribution in [2.24, 2.45) is 0 Å². The molecule has 3 amide bonds. The summed E-state index contributed by atoms with van der Waals surface area (Å²) in [6, 6.07) is 2.74. The zero-order chi connectivity index (χ0) is 35.2. The third kappa shape index (κ3) is 9.14. The van der Waals surface area contributed by atoms with E-state index >= 15 is 0 Å². The molecule has 13 nitrogen and oxygen atoms in total. The molecule has 2 aromatic heterocycles. The first kappa shape index (κ1) is 36.2. The smallest absolute Gasteiger partial charge is 0.417 e. The number of likely N-dealkylation sites (N-methyl/N-ethyl adjacent to an activating group) is 1. The number of aryl methyl sites for hydroxylation is 1. The van der Waals surface area contributed by atoms with Gasteiger partial charge < -0.3 is 29.5 Å². The summed E-state index contributed by atoms with van der Waals surface area (Å²) in [5.41, 5.74) is -3.37. The summed E-state index contributed by atoms with van der Waals surface area (Å²) in [7, 11) is 5.85. The van der Waals surface area contributed by atoms with Crippen LogP contribution in [-0.4, -0.2) is 93.5 Å². The van der Waals surface area contributed by atoms with Gasteiger partial charge in [-0.2, -0.15) is 13.2 Å². The Balaban J connectivity index is 1.95. The average molecular weight is 671 g/mol. The number of carboxylic acid groups (broad SMARTS) is 1. The van der Waals surface area contributed by atoms with Crippen molar-refractivity contribution in [2.75, 3.05) is 33.5 Å². The number of benzene rings is 1. The lowest BCUT2D eigenvalue weighted by atomic mass is 10.1. The minimum Gasteiger partial charge on any atom is -0.464 e. The summed E-state index contributed by atoms with van der Waals surface area (Å²) in [4.78, 5) is 68.8. The highest BCUT2D eigenvalue weighted by Gasteiger charge is 2.30.